The Morgan fingerprint density at radius 3 is 2.63 bits per heavy atom. The molecular formula is C21H18N2O3S. The van der Waals surface area contributed by atoms with E-state index in [0.29, 0.717) is 27.2 Å². The summed E-state index contributed by atoms with van der Waals surface area (Å²) in [5.41, 5.74) is 3.69. The van der Waals surface area contributed by atoms with Gasteiger partial charge in [-0.2, -0.15) is 0 Å². The first-order chi connectivity index (χ1) is 13.0. The molecule has 0 atom stereocenters. The van der Waals surface area contributed by atoms with E-state index in [4.69, 9.17) is 9.15 Å². The summed E-state index contributed by atoms with van der Waals surface area (Å²) in [5, 5.41) is 4.31. The molecule has 5 nitrogen and oxygen atoms in total. The van der Waals surface area contributed by atoms with Crippen molar-refractivity contribution in [1.82, 2.24) is 5.32 Å². The van der Waals surface area contributed by atoms with E-state index in [2.05, 4.69) is 10.3 Å². The van der Waals surface area contributed by atoms with Gasteiger partial charge in [0, 0.05) is 11.5 Å². The molecule has 3 aromatic rings. The van der Waals surface area contributed by atoms with Crippen LogP contribution in [0.15, 0.2) is 56.8 Å². The van der Waals surface area contributed by atoms with Crippen molar-refractivity contribution < 1.29 is 13.9 Å². The molecule has 136 valence electrons. The van der Waals surface area contributed by atoms with Gasteiger partial charge >= 0.3 is 0 Å². The number of benzene rings is 2. The number of furan rings is 1. The van der Waals surface area contributed by atoms with Crippen molar-refractivity contribution in [2.24, 2.45) is 4.99 Å². The average molecular weight is 378 g/mol. The lowest BCUT2D eigenvalue weighted by atomic mass is 10.1. The summed E-state index contributed by atoms with van der Waals surface area (Å²) in [6.07, 6.45) is 1.73. The maximum absolute atomic E-state index is 12.3. The number of nitrogens with zero attached hydrogens (tertiary/aromatic N) is 1. The molecule has 1 aromatic heterocycles. The molecule has 4 rings (SSSR count). The van der Waals surface area contributed by atoms with Gasteiger partial charge in [-0.15, -0.1) is 0 Å². The first-order valence-electron chi connectivity index (χ1n) is 8.47. The molecule has 2 heterocycles. The van der Waals surface area contributed by atoms with Crippen LogP contribution in [0.3, 0.4) is 0 Å². The largest absolute Gasteiger partial charge is 0.493 e. The van der Waals surface area contributed by atoms with Crippen LogP contribution in [0.25, 0.3) is 17.0 Å². The van der Waals surface area contributed by atoms with Crippen LogP contribution >= 0.6 is 11.8 Å². The second-order valence-corrected chi connectivity index (χ2v) is 7.28. The highest BCUT2D eigenvalue weighted by Gasteiger charge is 2.25. The molecule has 27 heavy (non-hydrogen) atoms. The van der Waals surface area contributed by atoms with E-state index in [1.54, 1.807) is 13.2 Å². The van der Waals surface area contributed by atoms with E-state index in [1.165, 1.54) is 11.8 Å². The second-order valence-electron chi connectivity index (χ2n) is 6.25. The first kappa shape index (κ1) is 17.4. The molecule has 0 aliphatic carbocycles. The van der Waals surface area contributed by atoms with Crippen LogP contribution in [-0.4, -0.2) is 18.2 Å². The van der Waals surface area contributed by atoms with Crippen molar-refractivity contribution in [3.05, 3.63) is 64.3 Å². The molecule has 0 saturated carbocycles. The van der Waals surface area contributed by atoms with Gasteiger partial charge in [0.2, 0.25) is 0 Å². The number of hydrogen-bond donors (Lipinski definition) is 1. The maximum atomic E-state index is 12.3. The number of carbonyl (C=O) groups excluding carboxylic acids is 1. The third-order valence-corrected chi connectivity index (χ3v) is 5.23. The van der Waals surface area contributed by atoms with Crippen LogP contribution < -0.4 is 10.1 Å². The molecular weight excluding hydrogens is 360 g/mol. The predicted octanol–water partition coefficient (Wildman–Crippen LogP) is 4.95. The van der Waals surface area contributed by atoms with Gasteiger partial charge in [0.05, 0.1) is 17.7 Å². The molecule has 0 bridgehead atoms. The Hall–Kier alpha value is -2.99. The van der Waals surface area contributed by atoms with E-state index in [0.717, 1.165) is 22.2 Å². The fraction of sp³-hybridized carbons (Fsp3) is 0.143. The number of fused-ring (bicyclic) bond motifs is 1. The Balaban J connectivity index is 1.66. The molecule has 0 spiro atoms. The molecule has 6 heteroatoms. The lowest BCUT2D eigenvalue weighted by Gasteiger charge is -2.04. The Morgan fingerprint density at radius 1 is 1.15 bits per heavy atom. The Kier molecular flexibility index (Phi) is 4.49. The van der Waals surface area contributed by atoms with E-state index < -0.39 is 0 Å². The lowest BCUT2D eigenvalue weighted by molar-refractivity contribution is -0.115. The maximum Gasteiger partial charge on any atom is 0.264 e. The molecule has 2 aromatic carbocycles. The molecule has 1 fully saturated rings. The number of aryl methyl sites for hydroxylation is 2. The smallest absolute Gasteiger partial charge is 0.264 e. The lowest BCUT2D eigenvalue weighted by Crippen LogP contribution is -2.19. The normalized spacial score (nSPS) is 17.1. The van der Waals surface area contributed by atoms with E-state index in [1.807, 2.05) is 56.3 Å². The fourth-order valence-corrected chi connectivity index (χ4v) is 3.79. The van der Waals surface area contributed by atoms with Crippen LogP contribution in [0.4, 0.5) is 5.69 Å². The van der Waals surface area contributed by atoms with E-state index in [-0.39, 0.29) is 5.91 Å². The second kappa shape index (κ2) is 6.96. The third-order valence-electron chi connectivity index (χ3n) is 4.32. The monoisotopic (exact) mass is 378 g/mol. The van der Waals surface area contributed by atoms with Crippen LogP contribution in [0.5, 0.6) is 5.75 Å². The van der Waals surface area contributed by atoms with Crippen molar-refractivity contribution in [2.75, 3.05) is 7.11 Å². The number of methoxy groups -OCH3 is 1. The van der Waals surface area contributed by atoms with Gasteiger partial charge in [0.15, 0.2) is 16.5 Å². The SMILES string of the molecule is COc1cccc2cc(/C=C3\SC(=Nc4c(C)cccc4C)NC3=O)oc12. The van der Waals surface area contributed by atoms with Crippen LogP contribution in [-0.2, 0) is 4.79 Å². The number of amides is 1. The Bertz CT molecular complexity index is 1090. The number of amidine groups is 1. The summed E-state index contributed by atoms with van der Waals surface area (Å²) in [6, 6.07) is 13.6. The molecule has 1 aliphatic rings. The molecule has 1 saturated heterocycles. The van der Waals surface area contributed by atoms with E-state index >= 15 is 0 Å². The molecule has 1 N–H and O–H groups in total. The zero-order valence-corrected chi connectivity index (χ0v) is 16.0. The summed E-state index contributed by atoms with van der Waals surface area (Å²) in [7, 11) is 1.60. The molecule has 1 aliphatic heterocycles. The summed E-state index contributed by atoms with van der Waals surface area (Å²) in [6.45, 7) is 4.01. The quantitative estimate of drug-likeness (QED) is 0.655. The molecule has 1 amide bonds. The zero-order chi connectivity index (χ0) is 19.0. The fourth-order valence-electron chi connectivity index (χ4n) is 2.98. The van der Waals surface area contributed by atoms with Crippen molar-refractivity contribution in [2.45, 2.75) is 13.8 Å². The summed E-state index contributed by atoms with van der Waals surface area (Å²) >= 11 is 1.30. The van der Waals surface area contributed by atoms with Gasteiger partial charge in [-0.05, 0) is 48.9 Å². The van der Waals surface area contributed by atoms with Crippen molar-refractivity contribution in [1.29, 1.82) is 0 Å². The number of ether oxygens (including phenoxy) is 1. The van der Waals surface area contributed by atoms with Crippen LogP contribution in [0, 0.1) is 13.8 Å². The number of hydrogen-bond acceptors (Lipinski definition) is 5. The standard InChI is InChI=1S/C21H18N2O3S/c1-12-6-4-7-13(2)18(12)22-21-23-20(24)17(27-21)11-15-10-14-8-5-9-16(25-3)19(14)26-15/h4-11H,1-3H3,(H,22,23,24)/b17-11-. The minimum atomic E-state index is -0.183. The van der Waals surface area contributed by atoms with Gasteiger partial charge in [-0.25, -0.2) is 4.99 Å². The number of aliphatic imine (C=N–C) groups is 1. The minimum absolute atomic E-state index is 0.183. The van der Waals surface area contributed by atoms with Crippen LogP contribution in [0.1, 0.15) is 16.9 Å². The van der Waals surface area contributed by atoms with Crippen molar-refractivity contribution in [3.63, 3.8) is 0 Å². The molecule has 0 radical (unpaired) electrons. The average Bonchev–Trinajstić information content (AvgIpc) is 3.21. The number of rotatable bonds is 3. The zero-order valence-electron chi connectivity index (χ0n) is 15.2. The van der Waals surface area contributed by atoms with E-state index in [9.17, 15) is 4.79 Å². The summed E-state index contributed by atoms with van der Waals surface area (Å²) in [4.78, 5) is 17.5. The number of para-hydroxylation sites is 2. The highest BCUT2D eigenvalue weighted by atomic mass is 32.2. The molecule has 0 unspecified atom stereocenters. The first-order valence-corrected chi connectivity index (χ1v) is 9.29. The van der Waals surface area contributed by atoms with Gasteiger partial charge in [0.1, 0.15) is 5.76 Å². The third kappa shape index (κ3) is 3.36. The topological polar surface area (TPSA) is 63.8 Å². The van der Waals surface area contributed by atoms with Gasteiger partial charge in [0.25, 0.3) is 5.91 Å². The van der Waals surface area contributed by atoms with Gasteiger partial charge in [-0.1, -0.05) is 30.3 Å². The van der Waals surface area contributed by atoms with Gasteiger partial charge < -0.3 is 14.5 Å². The number of carbonyl (C=O) groups is 1. The van der Waals surface area contributed by atoms with Gasteiger partial charge in [-0.3, -0.25) is 4.79 Å². The highest BCUT2D eigenvalue weighted by molar-refractivity contribution is 8.18. The number of nitrogens with one attached hydrogen (secondary N) is 1. The summed E-state index contributed by atoms with van der Waals surface area (Å²) < 4.78 is 11.2. The Morgan fingerprint density at radius 2 is 1.89 bits per heavy atom. The van der Waals surface area contributed by atoms with Crippen LogP contribution in [0.2, 0.25) is 0 Å². The van der Waals surface area contributed by atoms with Crippen molar-refractivity contribution in [3.8, 4) is 5.75 Å². The number of thioether (sulfide) groups is 1. The highest BCUT2D eigenvalue weighted by Crippen LogP contribution is 2.33. The summed E-state index contributed by atoms with van der Waals surface area (Å²) in [5.74, 6) is 1.08. The van der Waals surface area contributed by atoms with Crippen molar-refractivity contribution >= 4 is 45.6 Å². The predicted molar refractivity (Wildman–Crippen MR) is 109 cm³/mol. The minimum Gasteiger partial charge on any atom is -0.493 e. The Labute approximate surface area is 161 Å².